The van der Waals surface area contributed by atoms with Crippen molar-refractivity contribution in [2.24, 2.45) is 0 Å². The van der Waals surface area contributed by atoms with E-state index in [9.17, 15) is 4.39 Å². The summed E-state index contributed by atoms with van der Waals surface area (Å²) >= 11 is 2.26. The lowest BCUT2D eigenvalue weighted by Crippen LogP contribution is -2.01. The standard InChI is InChI=1S/C21H17FINO/c1-13(2)14-9-11-15(12-10-14)24(23)19-8-4-6-17-16-5-3-7-18(22)20(16)25-21(17)19/h3-13H,1-2H3. The molecule has 0 amide bonds. The highest BCUT2D eigenvalue weighted by Crippen LogP contribution is 2.40. The second kappa shape index (κ2) is 6.33. The van der Waals surface area contributed by atoms with E-state index in [1.807, 2.05) is 27.4 Å². The lowest BCUT2D eigenvalue weighted by atomic mass is 10.0. The molecule has 126 valence electrons. The van der Waals surface area contributed by atoms with Crippen molar-refractivity contribution in [3.8, 4) is 0 Å². The molecule has 4 heteroatoms. The van der Waals surface area contributed by atoms with Gasteiger partial charge >= 0.3 is 0 Å². The fourth-order valence-corrected chi connectivity index (χ4v) is 3.76. The van der Waals surface area contributed by atoms with E-state index >= 15 is 0 Å². The van der Waals surface area contributed by atoms with Gasteiger partial charge in [0.25, 0.3) is 0 Å². The number of furan rings is 1. The summed E-state index contributed by atoms with van der Waals surface area (Å²) in [5.41, 5.74) is 4.27. The Kier molecular flexibility index (Phi) is 4.15. The van der Waals surface area contributed by atoms with Crippen LogP contribution in [0.1, 0.15) is 25.3 Å². The summed E-state index contributed by atoms with van der Waals surface area (Å²) < 4.78 is 22.0. The normalized spacial score (nSPS) is 11.6. The maximum absolute atomic E-state index is 14.1. The first-order valence-electron chi connectivity index (χ1n) is 8.22. The van der Waals surface area contributed by atoms with Crippen molar-refractivity contribution in [1.29, 1.82) is 0 Å². The Morgan fingerprint density at radius 1 is 0.880 bits per heavy atom. The van der Waals surface area contributed by atoms with Crippen LogP contribution in [-0.2, 0) is 0 Å². The van der Waals surface area contributed by atoms with Crippen molar-refractivity contribution in [2.45, 2.75) is 19.8 Å². The number of fused-ring (bicyclic) bond motifs is 3. The van der Waals surface area contributed by atoms with Crippen molar-refractivity contribution in [3.63, 3.8) is 0 Å². The molecular weight excluding hydrogens is 428 g/mol. The minimum atomic E-state index is -0.332. The van der Waals surface area contributed by atoms with Gasteiger partial charge in [-0.15, -0.1) is 0 Å². The molecule has 0 saturated heterocycles. The molecule has 0 unspecified atom stereocenters. The summed E-state index contributed by atoms with van der Waals surface area (Å²) in [4.78, 5) is 0. The molecule has 2 nitrogen and oxygen atoms in total. The smallest absolute Gasteiger partial charge is 0.171 e. The zero-order valence-electron chi connectivity index (χ0n) is 14.0. The minimum Gasteiger partial charge on any atom is -0.451 e. The third kappa shape index (κ3) is 2.78. The van der Waals surface area contributed by atoms with Gasteiger partial charge in [0.1, 0.15) is 0 Å². The van der Waals surface area contributed by atoms with Crippen LogP contribution >= 0.6 is 22.9 Å². The number of para-hydroxylation sites is 2. The fraction of sp³-hybridized carbons (Fsp3) is 0.143. The van der Waals surface area contributed by atoms with Crippen LogP contribution in [0.3, 0.4) is 0 Å². The van der Waals surface area contributed by atoms with Crippen LogP contribution in [-0.4, -0.2) is 0 Å². The Morgan fingerprint density at radius 3 is 2.20 bits per heavy atom. The van der Waals surface area contributed by atoms with Gasteiger partial charge in [-0.05, 0) is 35.7 Å². The van der Waals surface area contributed by atoms with E-state index in [-0.39, 0.29) is 5.82 Å². The number of anilines is 2. The first-order chi connectivity index (χ1) is 12.1. The molecule has 0 atom stereocenters. The molecular formula is C21H17FINO. The molecule has 0 N–H and O–H groups in total. The highest BCUT2D eigenvalue weighted by atomic mass is 127. The van der Waals surface area contributed by atoms with Gasteiger partial charge in [-0.3, -0.25) is 3.11 Å². The summed E-state index contributed by atoms with van der Waals surface area (Å²) in [5.74, 6) is 0.166. The second-order valence-electron chi connectivity index (χ2n) is 6.40. The van der Waals surface area contributed by atoms with E-state index in [2.05, 4.69) is 61.0 Å². The zero-order valence-corrected chi connectivity index (χ0v) is 16.1. The van der Waals surface area contributed by atoms with Crippen LogP contribution in [0.4, 0.5) is 15.8 Å². The molecule has 3 aromatic carbocycles. The van der Waals surface area contributed by atoms with Crippen LogP contribution in [0.5, 0.6) is 0 Å². The molecule has 25 heavy (non-hydrogen) atoms. The first-order valence-corrected chi connectivity index (χ1v) is 9.18. The molecule has 0 aliphatic heterocycles. The van der Waals surface area contributed by atoms with Crippen LogP contribution in [0, 0.1) is 5.82 Å². The minimum absolute atomic E-state index is 0.310. The van der Waals surface area contributed by atoms with E-state index in [0.717, 1.165) is 22.1 Å². The highest BCUT2D eigenvalue weighted by molar-refractivity contribution is 14.1. The molecule has 0 bridgehead atoms. The average Bonchev–Trinajstić information content (AvgIpc) is 3.01. The molecule has 0 saturated carbocycles. The largest absolute Gasteiger partial charge is 0.451 e. The van der Waals surface area contributed by atoms with E-state index in [1.54, 1.807) is 6.07 Å². The van der Waals surface area contributed by atoms with E-state index in [4.69, 9.17) is 4.42 Å². The van der Waals surface area contributed by atoms with Crippen molar-refractivity contribution in [2.75, 3.05) is 3.11 Å². The van der Waals surface area contributed by atoms with E-state index < -0.39 is 0 Å². The molecule has 0 fully saturated rings. The molecule has 1 aromatic heterocycles. The summed E-state index contributed by atoms with van der Waals surface area (Å²) in [6.45, 7) is 4.36. The summed E-state index contributed by atoms with van der Waals surface area (Å²) in [6.07, 6.45) is 0. The quantitative estimate of drug-likeness (QED) is 0.242. The topological polar surface area (TPSA) is 16.4 Å². The lowest BCUT2D eigenvalue weighted by Gasteiger charge is -2.18. The molecule has 0 spiro atoms. The molecule has 4 aromatic rings. The van der Waals surface area contributed by atoms with Crippen molar-refractivity contribution < 1.29 is 8.81 Å². The number of nitrogens with zero attached hydrogens (tertiary/aromatic N) is 1. The van der Waals surface area contributed by atoms with Crippen molar-refractivity contribution >= 4 is 56.2 Å². The van der Waals surface area contributed by atoms with Crippen LogP contribution in [0.2, 0.25) is 0 Å². The van der Waals surface area contributed by atoms with Gasteiger partial charge in [-0.1, -0.05) is 50.2 Å². The molecule has 0 aliphatic rings. The molecule has 0 radical (unpaired) electrons. The summed E-state index contributed by atoms with van der Waals surface area (Å²) in [5, 5.41) is 1.73. The number of hydrogen-bond acceptors (Lipinski definition) is 2. The van der Waals surface area contributed by atoms with E-state index in [0.29, 0.717) is 17.1 Å². The second-order valence-corrected chi connectivity index (χ2v) is 7.36. The maximum atomic E-state index is 14.1. The number of benzene rings is 3. The van der Waals surface area contributed by atoms with Crippen LogP contribution < -0.4 is 3.11 Å². The molecule has 0 aliphatic carbocycles. The SMILES string of the molecule is CC(C)c1ccc(N(I)c2cccc3c2oc2c(F)cccc23)cc1. The van der Waals surface area contributed by atoms with Gasteiger partial charge in [0.2, 0.25) is 0 Å². The van der Waals surface area contributed by atoms with Gasteiger partial charge in [-0.25, -0.2) is 4.39 Å². The Morgan fingerprint density at radius 2 is 1.52 bits per heavy atom. The van der Waals surface area contributed by atoms with Crippen molar-refractivity contribution in [3.05, 3.63) is 72.0 Å². The Labute approximate surface area is 159 Å². The Hall–Kier alpha value is -2.08. The van der Waals surface area contributed by atoms with Gasteiger partial charge in [-0.2, -0.15) is 0 Å². The average molecular weight is 445 g/mol. The van der Waals surface area contributed by atoms with Gasteiger partial charge < -0.3 is 4.42 Å². The Balaban J connectivity index is 1.85. The third-order valence-corrected chi connectivity index (χ3v) is 5.53. The monoisotopic (exact) mass is 445 g/mol. The van der Waals surface area contributed by atoms with Gasteiger partial charge in [0.05, 0.1) is 34.2 Å². The van der Waals surface area contributed by atoms with Crippen LogP contribution in [0.25, 0.3) is 21.9 Å². The predicted octanol–water partition coefficient (Wildman–Crippen LogP) is 7.34. The summed E-state index contributed by atoms with van der Waals surface area (Å²) in [6, 6.07) is 19.5. The summed E-state index contributed by atoms with van der Waals surface area (Å²) in [7, 11) is 0. The van der Waals surface area contributed by atoms with Crippen molar-refractivity contribution in [1.82, 2.24) is 0 Å². The van der Waals surface area contributed by atoms with Gasteiger partial charge in [0.15, 0.2) is 17.0 Å². The third-order valence-electron chi connectivity index (χ3n) is 4.45. The Bertz CT molecular complexity index is 1050. The fourth-order valence-electron chi connectivity index (χ4n) is 3.05. The van der Waals surface area contributed by atoms with Crippen LogP contribution in [0.15, 0.2) is 65.1 Å². The lowest BCUT2D eigenvalue weighted by molar-refractivity contribution is 0.584. The first kappa shape index (κ1) is 16.4. The van der Waals surface area contributed by atoms with Gasteiger partial charge in [0, 0.05) is 10.8 Å². The molecule has 4 rings (SSSR count). The molecule has 1 heterocycles. The number of hydrogen-bond donors (Lipinski definition) is 0. The highest BCUT2D eigenvalue weighted by Gasteiger charge is 2.17. The maximum Gasteiger partial charge on any atom is 0.171 e. The number of halogens is 2. The predicted molar refractivity (Wildman–Crippen MR) is 110 cm³/mol. The zero-order chi connectivity index (χ0) is 17.6. The number of rotatable bonds is 3. The van der Waals surface area contributed by atoms with E-state index in [1.165, 1.54) is 11.6 Å².